The number of benzene rings is 1. The Morgan fingerprint density at radius 2 is 2.03 bits per heavy atom. The van der Waals surface area contributed by atoms with Gasteiger partial charge in [-0.2, -0.15) is 8.42 Å². The third-order valence-corrected chi connectivity index (χ3v) is 5.30. The fraction of sp³-hybridized carbons (Fsp3) is 0.150. The van der Waals surface area contributed by atoms with Gasteiger partial charge in [-0.3, -0.25) is 4.72 Å². The number of fused-ring (bicyclic) bond motifs is 1. The van der Waals surface area contributed by atoms with E-state index in [-0.39, 0.29) is 17.5 Å². The predicted molar refractivity (Wildman–Crippen MR) is 114 cm³/mol. The summed E-state index contributed by atoms with van der Waals surface area (Å²) in [5.74, 6) is -1.05. The molecule has 0 bridgehead atoms. The molecule has 166 valence electrons. The van der Waals surface area contributed by atoms with Crippen LogP contribution in [0.2, 0.25) is 0 Å². The number of aryl methyl sites for hydroxylation is 2. The topological polar surface area (TPSA) is 142 Å². The first-order chi connectivity index (χ1) is 15.1. The van der Waals surface area contributed by atoms with Crippen LogP contribution in [0.1, 0.15) is 16.7 Å². The van der Waals surface area contributed by atoms with Gasteiger partial charge in [0.15, 0.2) is 11.6 Å². The van der Waals surface area contributed by atoms with Crippen LogP contribution in [0.3, 0.4) is 0 Å². The quantitative estimate of drug-likeness (QED) is 0.422. The minimum absolute atomic E-state index is 0.0515. The summed E-state index contributed by atoms with van der Waals surface area (Å²) in [7, 11) is -2.43. The second-order valence-electron chi connectivity index (χ2n) is 7.03. The molecule has 0 saturated heterocycles. The second-order valence-corrected chi connectivity index (χ2v) is 8.32. The highest BCUT2D eigenvalue weighted by Crippen LogP contribution is 2.28. The lowest BCUT2D eigenvalue weighted by molar-refractivity contribution is 0.424. The number of rotatable bonds is 6. The minimum atomic E-state index is -4.21. The number of aromatic nitrogens is 3. The number of pyridine rings is 1. The SMILES string of the molecule is Cc1c(Cc2ccnc(NS(N)(=O)=O)c2F)c(=O)oc2cc(Oc3nccn3C)ccc12. The van der Waals surface area contributed by atoms with Crippen molar-refractivity contribution in [2.75, 3.05) is 4.72 Å². The highest BCUT2D eigenvalue weighted by Gasteiger charge is 2.18. The van der Waals surface area contributed by atoms with Gasteiger partial charge in [0.2, 0.25) is 0 Å². The number of ether oxygens (including phenoxy) is 1. The molecule has 0 aliphatic rings. The third kappa shape index (κ3) is 4.31. The summed E-state index contributed by atoms with van der Waals surface area (Å²) in [4.78, 5) is 20.4. The highest BCUT2D eigenvalue weighted by molar-refractivity contribution is 7.90. The summed E-state index contributed by atoms with van der Waals surface area (Å²) in [5.41, 5.74) is 0.519. The first-order valence-electron chi connectivity index (χ1n) is 9.28. The average Bonchev–Trinajstić information content (AvgIpc) is 3.11. The first kappa shape index (κ1) is 21.5. The van der Waals surface area contributed by atoms with Gasteiger partial charge >= 0.3 is 11.6 Å². The molecule has 3 heterocycles. The molecule has 0 unspecified atom stereocenters. The van der Waals surface area contributed by atoms with Crippen molar-refractivity contribution >= 4 is 27.0 Å². The van der Waals surface area contributed by atoms with Crippen molar-refractivity contribution in [1.29, 1.82) is 0 Å². The molecule has 32 heavy (non-hydrogen) atoms. The molecule has 0 atom stereocenters. The molecule has 0 aliphatic carbocycles. The Kier molecular flexibility index (Phi) is 5.40. The van der Waals surface area contributed by atoms with Crippen LogP contribution in [0.5, 0.6) is 11.8 Å². The van der Waals surface area contributed by atoms with Gasteiger partial charge < -0.3 is 13.7 Å². The zero-order valence-electron chi connectivity index (χ0n) is 17.0. The van der Waals surface area contributed by atoms with Crippen molar-refractivity contribution in [2.24, 2.45) is 12.2 Å². The summed E-state index contributed by atoms with van der Waals surface area (Å²) in [5, 5.41) is 5.53. The number of nitrogens with zero attached hydrogens (tertiary/aromatic N) is 3. The molecule has 0 aliphatic heterocycles. The van der Waals surface area contributed by atoms with Crippen LogP contribution in [-0.2, 0) is 23.7 Å². The highest BCUT2D eigenvalue weighted by atomic mass is 32.2. The van der Waals surface area contributed by atoms with E-state index in [0.29, 0.717) is 28.3 Å². The lowest BCUT2D eigenvalue weighted by Crippen LogP contribution is -2.23. The van der Waals surface area contributed by atoms with Gasteiger partial charge in [-0.15, -0.1) is 0 Å². The Bertz CT molecular complexity index is 1500. The first-order valence-corrected chi connectivity index (χ1v) is 10.8. The molecule has 0 amide bonds. The van der Waals surface area contributed by atoms with Crippen molar-refractivity contribution < 1.29 is 22.0 Å². The summed E-state index contributed by atoms with van der Waals surface area (Å²) in [6, 6.07) is 6.72. The van der Waals surface area contributed by atoms with E-state index >= 15 is 0 Å². The summed E-state index contributed by atoms with van der Waals surface area (Å²) >= 11 is 0. The molecule has 3 aromatic heterocycles. The Morgan fingerprint density at radius 1 is 1.25 bits per heavy atom. The summed E-state index contributed by atoms with van der Waals surface area (Å²) < 4.78 is 51.8. The molecule has 1 aromatic carbocycles. The molecular formula is C20H18FN5O5S. The number of anilines is 1. The molecular weight excluding hydrogens is 441 g/mol. The maximum atomic E-state index is 14.7. The Balaban J connectivity index is 1.70. The molecule has 4 rings (SSSR count). The van der Waals surface area contributed by atoms with Crippen LogP contribution in [0.4, 0.5) is 10.2 Å². The number of nitrogens with two attached hydrogens (primary N) is 1. The van der Waals surface area contributed by atoms with Crippen LogP contribution in [-0.4, -0.2) is 23.0 Å². The van der Waals surface area contributed by atoms with Crippen molar-refractivity contribution in [3.05, 3.63) is 75.8 Å². The average molecular weight is 459 g/mol. The normalized spacial score (nSPS) is 11.6. The molecule has 0 radical (unpaired) electrons. The van der Waals surface area contributed by atoms with Gasteiger partial charge in [0, 0.05) is 49.1 Å². The molecule has 10 nitrogen and oxygen atoms in total. The maximum absolute atomic E-state index is 14.7. The van der Waals surface area contributed by atoms with Crippen LogP contribution in [0.25, 0.3) is 11.0 Å². The van der Waals surface area contributed by atoms with Crippen LogP contribution < -0.4 is 20.2 Å². The van der Waals surface area contributed by atoms with Crippen LogP contribution in [0.15, 0.2) is 52.1 Å². The Hall–Kier alpha value is -3.77. The predicted octanol–water partition coefficient (Wildman–Crippen LogP) is 2.37. The third-order valence-electron chi connectivity index (χ3n) is 4.82. The molecule has 3 N–H and O–H groups in total. The van der Waals surface area contributed by atoms with E-state index in [1.54, 1.807) is 53.9 Å². The van der Waals surface area contributed by atoms with Gasteiger partial charge in [0.1, 0.15) is 11.3 Å². The standard InChI is InChI=1S/C20H18FN5O5S/c1-11-14-4-3-13(30-20-24-7-8-26(20)2)10-16(14)31-19(27)15(11)9-12-5-6-23-18(17(12)21)25-32(22,28)29/h3-8,10H,9H2,1-2H3,(H,23,25)(H2,22,28,29). The molecule has 0 spiro atoms. The van der Waals surface area contributed by atoms with E-state index in [0.717, 1.165) is 0 Å². The number of nitrogens with one attached hydrogen (secondary N) is 1. The van der Waals surface area contributed by atoms with Crippen molar-refractivity contribution in [1.82, 2.24) is 14.5 Å². The maximum Gasteiger partial charge on any atom is 0.340 e. The zero-order valence-corrected chi connectivity index (χ0v) is 17.8. The molecule has 0 fully saturated rings. The largest absolute Gasteiger partial charge is 0.425 e. The zero-order chi connectivity index (χ0) is 23.0. The smallest absolute Gasteiger partial charge is 0.340 e. The van der Waals surface area contributed by atoms with Gasteiger partial charge in [0.25, 0.3) is 10.2 Å². The van der Waals surface area contributed by atoms with Crippen molar-refractivity contribution in [2.45, 2.75) is 13.3 Å². The van der Waals surface area contributed by atoms with E-state index in [9.17, 15) is 17.6 Å². The van der Waals surface area contributed by atoms with Gasteiger partial charge in [-0.1, -0.05) is 0 Å². The fourth-order valence-corrected chi connectivity index (χ4v) is 3.63. The second kappa shape index (κ2) is 8.05. The Morgan fingerprint density at radius 3 is 2.72 bits per heavy atom. The lowest BCUT2D eigenvalue weighted by atomic mass is 10.00. The van der Waals surface area contributed by atoms with E-state index in [4.69, 9.17) is 14.3 Å². The number of imidazole rings is 1. The van der Waals surface area contributed by atoms with E-state index in [1.165, 1.54) is 12.3 Å². The van der Waals surface area contributed by atoms with E-state index in [2.05, 4.69) is 9.97 Å². The fourth-order valence-electron chi connectivity index (χ4n) is 3.21. The van der Waals surface area contributed by atoms with Gasteiger partial charge in [0.05, 0.1) is 0 Å². The minimum Gasteiger partial charge on any atom is -0.425 e. The van der Waals surface area contributed by atoms with Crippen molar-refractivity contribution in [3.8, 4) is 11.8 Å². The van der Waals surface area contributed by atoms with E-state index < -0.39 is 27.5 Å². The summed E-state index contributed by atoms with van der Waals surface area (Å²) in [6.45, 7) is 1.72. The number of hydrogen-bond acceptors (Lipinski definition) is 7. The Labute approximate surface area is 181 Å². The van der Waals surface area contributed by atoms with Gasteiger partial charge in [-0.25, -0.2) is 24.3 Å². The van der Waals surface area contributed by atoms with Gasteiger partial charge in [-0.05, 0) is 36.2 Å². The number of hydrogen-bond donors (Lipinski definition) is 2. The number of halogens is 1. The monoisotopic (exact) mass is 459 g/mol. The molecule has 4 aromatic rings. The molecule has 0 saturated carbocycles. The van der Waals surface area contributed by atoms with E-state index in [1.807, 2.05) is 0 Å². The summed E-state index contributed by atoms with van der Waals surface area (Å²) in [6.07, 6.45) is 4.40. The lowest BCUT2D eigenvalue weighted by Gasteiger charge is -2.11. The van der Waals surface area contributed by atoms with Crippen LogP contribution >= 0.6 is 0 Å². The van der Waals surface area contributed by atoms with Crippen LogP contribution in [0, 0.1) is 12.7 Å². The van der Waals surface area contributed by atoms with Crippen molar-refractivity contribution in [3.63, 3.8) is 0 Å². The molecule has 12 heteroatoms.